The largest absolute Gasteiger partial charge is 0.319 e. The van der Waals surface area contributed by atoms with E-state index in [4.69, 9.17) is 0 Å². The van der Waals surface area contributed by atoms with Gasteiger partial charge in [-0.2, -0.15) is 0 Å². The Bertz CT molecular complexity index is 661. The zero-order valence-corrected chi connectivity index (χ0v) is 16.5. The lowest BCUT2D eigenvalue weighted by molar-refractivity contribution is -0.108. The minimum Gasteiger partial charge on any atom is -0.319 e. The van der Waals surface area contributed by atoms with Crippen molar-refractivity contribution in [2.75, 3.05) is 0 Å². The molecule has 140 valence electrons. The summed E-state index contributed by atoms with van der Waals surface area (Å²) in [5.74, 6) is 0. The Labute approximate surface area is 152 Å². The third-order valence-corrected chi connectivity index (χ3v) is 6.23. The first kappa shape index (κ1) is 21.4. The van der Waals surface area contributed by atoms with Gasteiger partial charge in [-0.05, 0) is 44.4 Å². The van der Waals surface area contributed by atoms with Crippen molar-refractivity contribution in [3.63, 3.8) is 0 Å². The van der Waals surface area contributed by atoms with E-state index in [1.165, 1.54) is 32.1 Å². The van der Waals surface area contributed by atoms with Crippen LogP contribution in [0.3, 0.4) is 0 Å². The smallest absolute Gasteiger partial charge is 0.221 e. The van der Waals surface area contributed by atoms with Crippen LogP contribution in [-0.2, 0) is 14.6 Å². The fraction of sp³-hybridized carbons (Fsp3) is 0.550. The summed E-state index contributed by atoms with van der Waals surface area (Å²) in [6.45, 7) is 5.89. The van der Waals surface area contributed by atoms with Crippen molar-refractivity contribution >= 4 is 16.2 Å². The van der Waals surface area contributed by atoms with E-state index < -0.39 is 9.84 Å². The van der Waals surface area contributed by atoms with E-state index in [0.717, 1.165) is 18.4 Å². The lowest BCUT2D eigenvalue weighted by Crippen LogP contribution is -2.21. The molecule has 1 aromatic rings. The molecule has 0 radical (unpaired) electrons. The summed E-state index contributed by atoms with van der Waals surface area (Å²) < 4.78 is 25.6. The van der Waals surface area contributed by atoms with Crippen LogP contribution in [0.4, 0.5) is 0 Å². The van der Waals surface area contributed by atoms with Crippen molar-refractivity contribution in [1.29, 1.82) is 0 Å². The van der Waals surface area contributed by atoms with Crippen LogP contribution in [0.25, 0.3) is 0 Å². The summed E-state index contributed by atoms with van der Waals surface area (Å²) in [4.78, 5) is 11.1. The third-order valence-electron chi connectivity index (χ3n) is 4.33. The molecular formula is C20H31NO3S. The average molecular weight is 366 g/mol. The van der Waals surface area contributed by atoms with E-state index in [0.29, 0.717) is 18.4 Å². The number of aryl methyl sites for hydroxylation is 1. The van der Waals surface area contributed by atoms with Gasteiger partial charge in [0.1, 0.15) is 5.03 Å². The highest BCUT2D eigenvalue weighted by Gasteiger charge is 2.22. The SMILES string of the molecule is CCCCCCCCC/C(C)=C(\NC=O)S(=O)(=O)c1ccc(C)cc1. The number of unbranched alkanes of at least 4 members (excludes halogenated alkanes) is 6. The molecule has 0 aromatic heterocycles. The van der Waals surface area contributed by atoms with E-state index in [1.807, 2.05) is 6.92 Å². The minimum atomic E-state index is -3.70. The summed E-state index contributed by atoms with van der Waals surface area (Å²) in [6.07, 6.45) is 9.33. The molecule has 5 heteroatoms. The number of hydrogen-bond acceptors (Lipinski definition) is 3. The van der Waals surface area contributed by atoms with Crippen molar-refractivity contribution in [1.82, 2.24) is 5.32 Å². The number of nitrogens with one attached hydrogen (secondary N) is 1. The molecule has 1 aromatic carbocycles. The van der Waals surface area contributed by atoms with E-state index in [-0.39, 0.29) is 9.92 Å². The quantitative estimate of drug-likeness (QED) is 0.424. The summed E-state index contributed by atoms with van der Waals surface area (Å²) >= 11 is 0. The van der Waals surface area contributed by atoms with Gasteiger partial charge in [0.2, 0.25) is 16.2 Å². The first-order chi connectivity index (χ1) is 11.9. The monoisotopic (exact) mass is 365 g/mol. The molecule has 1 N–H and O–H groups in total. The Balaban J connectivity index is 2.76. The van der Waals surface area contributed by atoms with Gasteiger partial charge >= 0.3 is 0 Å². The molecule has 4 nitrogen and oxygen atoms in total. The number of sulfone groups is 1. The molecule has 0 aliphatic carbocycles. The number of amides is 1. The highest BCUT2D eigenvalue weighted by Crippen LogP contribution is 2.23. The molecule has 25 heavy (non-hydrogen) atoms. The first-order valence-electron chi connectivity index (χ1n) is 9.15. The van der Waals surface area contributed by atoms with E-state index in [2.05, 4.69) is 12.2 Å². The van der Waals surface area contributed by atoms with E-state index in [1.54, 1.807) is 31.2 Å². The van der Waals surface area contributed by atoms with Crippen LogP contribution in [0.5, 0.6) is 0 Å². The Morgan fingerprint density at radius 1 is 1.00 bits per heavy atom. The molecule has 0 saturated heterocycles. The molecular weight excluding hydrogens is 334 g/mol. The zero-order chi connectivity index (χ0) is 18.7. The second-order valence-electron chi connectivity index (χ2n) is 6.56. The zero-order valence-electron chi connectivity index (χ0n) is 15.7. The standard InChI is InChI=1S/C20H31NO3S/c1-4-5-6-7-8-9-10-11-18(3)20(21-16-22)25(23,24)19-14-12-17(2)13-15-19/h12-16H,4-11H2,1-3H3,(H,21,22)/b20-18+. The maximum absolute atomic E-state index is 12.8. The Morgan fingerprint density at radius 2 is 1.56 bits per heavy atom. The predicted molar refractivity (Wildman–Crippen MR) is 103 cm³/mol. The summed E-state index contributed by atoms with van der Waals surface area (Å²) in [6, 6.07) is 6.68. The number of hydrogen-bond donors (Lipinski definition) is 1. The Morgan fingerprint density at radius 3 is 2.12 bits per heavy atom. The van der Waals surface area contributed by atoms with Crippen molar-refractivity contribution < 1.29 is 13.2 Å². The van der Waals surface area contributed by atoms with Crippen molar-refractivity contribution in [2.24, 2.45) is 0 Å². The average Bonchev–Trinajstić information content (AvgIpc) is 2.59. The highest BCUT2D eigenvalue weighted by molar-refractivity contribution is 7.95. The molecule has 0 heterocycles. The lowest BCUT2D eigenvalue weighted by atomic mass is 10.1. The predicted octanol–water partition coefficient (Wildman–Crippen LogP) is 4.89. The summed E-state index contributed by atoms with van der Waals surface area (Å²) in [5.41, 5.74) is 1.70. The fourth-order valence-corrected chi connectivity index (χ4v) is 4.27. The second-order valence-corrected chi connectivity index (χ2v) is 8.45. The van der Waals surface area contributed by atoms with E-state index in [9.17, 15) is 13.2 Å². The van der Waals surface area contributed by atoms with Gasteiger partial charge in [-0.15, -0.1) is 0 Å². The molecule has 0 fully saturated rings. The van der Waals surface area contributed by atoms with Crippen LogP contribution in [0.15, 0.2) is 39.8 Å². The molecule has 1 amide bonds. The van der Waals surface area contributed by atoms with Crippen LogP contribution in [0.2, 0.25) is 0 Å². The molecule has 0 aliphatic heterocycles. The van der Waals surface area contributed by atoms with Crippen molar-refractivity contribution in [3.8, 4) is 0 Å². The van der Waals surface area contributed by atoms with Crippen molar-refractivity contribution in [2.45, 2.75) is 77.0 Å². The number of allylic oxidation sites excluding steroid dienone is 1. The summed E-state index contributed by atoms with van der Waals surface area (Å²) in [5, 5.41) is 2.44. The van der Waals surface area contributed by atoms with Crippen LogP contribution in [0.1, 0.15) is 70.8 Å². The maximum Gasteiger partial charge on any atom is 0.221 e. The third kappa shape index (κ3) is 7.02. The van der Waals surface area contributed by atoms with Crippen molar-refractivity contribution in [3.05, 3.63) is 40.4 Å². The van der Waals surface area contributed by atoms with Gasteiger partial charge in [0.25, 0.3) is 0 Å². The van der Waals surface area contributed by atoms with Gasteiger partial charge in [0.05, 0.1) is 4.90 Å². The van der Waals surface area contributed by atoms with Crippen LogP contribution >= 0.6 is 0 Å². The normalized spacial score (nSPS) is 12.6. The number of carbonyl (C=O) groups is 1. The molecule has 0 aliphatic rings. The minimum absolute atomic E-state index is 0.0253. The van der Waals surface area contributed by atoms with Gasteiger partial charge in [0, 0.05) is 0 Å². The van der Waals surface area contributed by atoms with Gasteiger partial charge in [-0.1, -0.05) is 63.1 Å². The second kappa shape index (κ2) is 11.1. The van der Waals surface area contributed by atoms with Gasteiger partial charge in [-0.25, -0.2) is 8.42 Å². The lowest BCUT2D eigenvalue weighted by Gasteiger charge is -2.13. The van der Waals surface area contributed by atoms with Gasteiger partial charge in [-0.3, -0.25) is 4.79 Å². The fourth-order valence-electron chi connectivity index (χ4n) is 2.78. The summed E-state index contributed by atoms with van der Waals surface area (Å²) in [7, 11) is -3.70. The van der Waals surface area contributed by atoms with Gasteiger partial charge < -0.3 is 5.32 Å². The molecule has 1 rings (SSSR count). The van der Waals surface area contributed by atoms with E-state index >= 15 is 0 Å². The molecule has 0 saturated carbocycles. The number of benzene rings is 1. The van der Waals surface area contributed by atoms with Crippen LogP contribution < -0.4 is 5.32 Å². The molecule has 0 bridgehead atoms. The highest BCUT2D eigenvalue weighted by atomic mass is 32.2. The van der Waals surface area contributed by atoms with Crippen LogP contribution in [0, 0.1) is 6.92 Å². The molecule has 0 unspecified atom stereocenters. The number of carbonyl (C=O) groups excluding carboxylic acids is 1. The van der Waals surface area contributed by atoms with Crippen LogP contribution in [-0.4, -0.2) is 14.8 Å². The molecule has 0 atom stereocenters. The Hall–Kier alpha value is -1.62. The van der Waals surface area contributed by atoms with Gasteiger partial charge in [0.15, 0.2) is 0 Å². The Kier molecular flexibility index (Phi) is 9.50. The first-order valence-corrected chi connectivity index (χ1v) is 10.6. The number of rotatable bonds is 12. The molecule has 0 spiro atoms. The maximum atomic E-state index is 12.8. The topological polar surface area (TPSA) is 63.2 Å².